The molecule has 2 saturated heterocycles. The quantitative estimate of drug-likeness (QED) is 0.237. The number of hydrogen-bond donors (Lipinski definition) is 6. The molecule has 11 nitrogen and oxygen atoms in total. The number of aliphatic hydroxyl groups is 6. The molecular weight excluding hydrogens is 536 g/mol. The van der Waals surface area contributed by atoms with Crippen molar-refractivity contribution in [3.05, 3.63) is 36.0 Å². The van der Waals surface area contributed by atoms with Crippen LogP contribution in [0.4, 0.5) is 0 Å². The van der Waals surface area contributed by atoms with Crippen molar-refractivity contribution in [2.75, 3.05) is 13.2 Å². The Hall–Kier alpha value is -1.51. The third-order valence-corrected chi connectivity index (χ3v) is 10.8. The van der Waals surface area contributed by atoms with E-state index in [1.54, 1.807) is 0 Å². The van der Waals surface area contributed by atoms with E-state index in [-0.39, 0.29) is 41.7 Å². The summed E-state index contributed by atoms with van der Waals surface area (Å²) in [5, 5.41) is 61.6. The van der Waals surface area contributed by atoms with Gasteiger partial charge >= 0.3 is 0 Å². The van der Waals surface area contributed by atoms with Crippen LogP contribution in [-0.4, -0.2) is 111 Å². The Morgan fingerprint density at radius 1 is 0.927 bits per heavy atom. The molecule has 0 bridgehead atoms. The van der Waals surface area contributed by atoms with Crippen molar-refractivity contribution in [1.82, 2.24) is 0 Å². The molecule has 0 radical (unpaired) electrons. The minimum atomic E-state index is -1.57. The van der Waals surface area contributed by atoms with E-state index in [1.807, 2.05) is 12.2 Å². The monoisotopic (exact) mass is 578 g/mol. The summed E-state index contributed by atoms with van der Waals surface area (Å²) in [6, 6.07) is 0. The normalized spacial score (nSPS) is 52.9. The van der Waals surface area contributed by atoms with Gasteiger partial charge in [-0.3, -0.25) is 4.79 Å². The van der Waals surface area contributed by atoms with Gasteiger partial charge in [0, 0.05) is 11.8 Å². The van der Waals surface area contributed by atoms with Gasteiger partial charge in [-0.25, -0.2) is 0 Å². The molecule has 6 rings (SSSR count). The Morgan fingerprint density at radius 2 is 1.68 bits per heavy atom. The van der Waals surface area contributed by atoms with E-state index in [1.165, 1.54) is 0 Å². The molecule has 6 N–H and O–H groups in total. The van der Waals surface area contributed by atoms with Gasteiger partial charge < -0.3 is 49.6 Å². The summed E-state index contributed by atoms with van der Waals surface area (Å²) in [6.45, 7) is 3.88. The number of rotatable bonds is 5. The van der Waals surface area contributed by atoms with E-state index in [2.05, 4.69) is 32.1 Å². The molecule has 1 saturated carbocycles. The highest BCUT2D eigenvalue weighted by Crippen LogP contribution is 2.62. The summed E-state index contributed by atoms with van der Waals surface area (Å²) in [6.07, 6.45) is 0.716. The number of allylic oxidation sites excluding steroid dienone is 5. The molecule has 15 atom stereocenters. The fraction of sp³-hybridized carbons (Fsp3) is 0.767. The summed E-state index contributed by atoms with van der Waals surface area (Å²) in [7, 11) is 0. The molecule has 0 aromatic carbocycles. The number of carbonyl (C=O) groups is 1. The fourth-order valence-electron chi connectivity index (χ4n) is 8.05. The predicted octanol–water partition coefficient (Wildman–Crippen LogP) is -0.281. The molecule has 6 aliphatic rings. The maximum atomic E-state index is 12.1. The number of ether oxygens (including phenoxy) is 4. The first-order valence-corrected chi connectivity index (χ1v) is 14.7. The van der Waals surface area contributed by atoms with Crippen LogP contribution in [0.5, 0.6) is 0 Å². The smallest absolute Gasteiger partial charge is 0.187 e. The first kappa shape index (κ1) is 29.6. The molecule has 11 heteroatoms. The molecule has 3 fully saturated rings. The minimum absolute atomic E-state index is 0.0403. The highest BCUT2D eigenvalue weighted by atomic mass is 16.7. The van der Waals surface area contributed by atoms with E-state index in [4.69, 9.17) is 18.9 Å². The maximum absolute atomic E-state index is 12.1. The summed E-state index contributed by atoms with van der Waals surface area (Å²) in [5.41, 5.74) is 0.798. The van der Waals surface area contributed by atoms with Crippen LogP contribution in [-0.2, 0) is 23.7 Å². The standard InChI is InChI=1S/C30H42O11/c1-29-9-7-15(31)11-14(29)3-4-16-17-5-6-21(30(17,2)10-8-18(16)29)41-28-26(37)24(35)23(34)20(40-28)13-39-27-25(36)22(33)19(32)12-38-27/h3-6,11,16-28,32-37H,7-10,12-13H2,1-2H3/t16-,17-,18-,19-,20+,21+,22-,23+,24-,25+,26+,27-,28-,29-,30-/m0/s1. The molecular formula is C30H42O11. The van der Waals surface area contributed by atoms with Gasteiger partial charge in [-0.15, -0.1) is 0 Å². The Morgan fingerprint density at radius 3 is 2.46 bits per heavy atom. The van der Waals surface area contributed by atoms with Gasteiger partial charge in [-0.2, -0.15) is 0 Å². The lowest BCUT2D eigenvalue weighted by molar-refractivity contribution is -0.330. The van der Waals surface area contributed by atoms with E-state index in [0.717, 1.165) is 24.8 Å². The molecule has 2 aliphatic heterocycles. The molecule has 228 valence electrons. The zero-order valence-corrected chi connectivity index (χ0v) is 23.4. The largest absolute Gasteiger partial charge is 0.388 e. The predicted molar refractivity (Wildman–Crippen MR) is 142 cm³/mol. The van der Waals surface area contributed by atoms with Crippen LogP contribution in [0, 0.1) is 28.6 Å². The summed E-state index contributed by atoms with van der Waals surface area (Å²) >= 11 is 0. The average Bonchev–Trinajstić information content (AvgIpc) is 3.28. The van der Waals surface area contributed by atoms with Crippen LogP contribution in [0.25, 0.3) is 0 Å². The van der Waals surface area contributed by atoms with Crippen molar-refractivity contribution in [3.8, 4) is 0 Å². The topological polar surface area (TPSA) is 175 Å². The summed E-state index contributed by atoms with van der Waals surface area (Å²) in [4.78, 5) is 12.1. The van der Waals surface area contributed by atoms with E-state index in [0.29, 0.717) is 12.3 Å². The lowest BCUT2D eigenvalue weighted by Crippen LogP contribution is -2.61. The Labute approximate surface area is 239 Å². The van der Waals surface area contributed by atoms with Crippen LogP contribution in [0.3, 0.4) is 0 Å². The number of hydrogen-bond acceptors (Lipinski definition) is 11. The van der Waals surface area contributed by atoms with E-state index < -0.39 is 61.4 Å². The first-order chi connectivity index (χ1) is 19.4. The van der Waals surface area contributed by atoms with Gasteiger partial charge in [0.2, 0.25) is 0 Å². The highest BCUT2D eigenvalue weighted by molar-refractivity contribution is 5.92. The molecule has 0 unspecified atom stereocenters. The Bertz CT molecular complexity index is 1110. The van der Waals surface area contributed by atoms with Crippen molar-refractivity contribution in [3.63, 3.8) is 0 Å². The maximum Gasteiger partial charge on any atom is 0.187 e. The van der Waals surface area contributed by atoms with Gasteiger partial charge in [0.1, 0.15) is 42.7 Å². The molecule has 0 amide bonds. The van der Waals surface area contributed by atoms with Crippen molar-refractivity contribution in [1.29, 1.82) is 0 Å². The van der Waals surface area contributed by atoms with Crippen LogP contribution >= 0.6 is 0 Å². The van der Waals surface area contributed by atoms with Crippen molar-refractivity contribution < 1.29 is 54.4 Å². The van der Waals surface area contributed by atoms with Crippen LogP contribution in [0.2, 0.25) is 0 Å². The van der Waals surface area contributed by atoms with Gasteiger partial charge in [0.15, 0.2) is 18.4 Å². The molecule has 4 aliphatic carbocycles. The Balaban J connectivity index is 1.13. The highest BCUT2D eigenvalue weighted by Gasteiger charge is 2.58. The lowest BCUT2D eigenvalue weighted by atomic mass is 9.49. The van der Waals surface area contributed by atoms with Crippen LogP contribution in [0.1, 0.15) is 39.5 Å². The lowest BCUT2D eigenvalue weighted by Gasteiger charge is -2.56. The van der Waals surface area contributed by atoms with Crippen LogP contribution < -0.4 is 0 Å². The van der Waals surface area contributed by atoms with E-state index in [9.17, 15) is 35.4 Å². The molecule has 41 heavy (non-hydrogen) atoms. The Kier molecular flexibility index (Phi) is 7.85. The second kappa shape index (κ2) is 10.9. The summed E-state index contributed by atoms with van der Waals surface area (Å²) in [5.74, 6) is 1.05. The third-order valence-electron chi connectivity index (χ3n) is 10.8. The van der Waals surface area contributed by atoms with Crippen LogP contribution in [0.15, 0.2) is 36.0 Å². The van der Waals surface area contributed by atoms with Crippen molar-refractivity contribution in [2.45, 2.75) is 101 Å². The number of aliphatic hydroxyl groups excluding tert-OH is 6. The third kappa shape index (κ3) is 4.88. The molecule has 0 spiro atoms. The SMILES string of the molecule is C[C@]12CC[C@H]3[C@@H](C=CC4=CC(=O)CC[C@@]43C)[C@@H]1C=C[C@H]2O[C@@H]1O[C@H](CO[C@@H]2OC[C@H](O)[C@H](O)[C@H]2O)[C@@H](O)[C@H](O)[C@H]1O. The van der Waals surface area contributed by atoms with Crippen molar-refractivity contribution >= 4 is 5.78 Å². The molecule has 2 heterocycles. The second-order valence-electron chi connectivity index (χ2n) is 13.1. The zero-order valence-electron chi connectivity index (χ0n) is 23.4. The molecule has 0 aromatic heterocycles. The second-order valence-corrected chi connectivity index (χ2v) is 13.1. The minimum Gasteiger partial charge on any atom is -0.388 e. The fourth-order valence-corrected chi connectivity index (χ4v) is 8.05. The zero-order chi connectivity index (χ0) is 29.3. The van der Waals surface area contributed by atoms with Gasteiger partial charge in [-0.05, 0) is 54.1 Å². The number of carbonyl (C=O) groups excluding carboxylic acids is 1. The van der Waals surface area contributed by atoms with Gasteiger partial charge in [-0.1, -0.05) is 38.2 Å². The number of fused-ring (bicyclic) bond motifs is 5. The van der Waals surface area contributed by atoms with Gasteiger partial charge in [0.25, 0.3) is 0 Å². The summed E-state index contributed by atoms with van der Waals surface area (Å²) < 4.78 is 23.0. The van der Waals surface area contributed by atoms with Crippen molar-refractivity contribution in [2.24, 2.45) is 28.6 Å². The van der Waals surface area contributed by atoms with E-state index >= 15 is 0 Å². The van der Waals surface area contributed by atoms with Gasteiger partial charge in [0.05, 0.1) is 19.3 Å². The number of ketones is 1. The molecule has 0 aromatic rings. The first-order valence-electron chi connectivity index (χ1n) is 14.7. The average molecular weight is 579 g/mol.